The Morgan fingerprint density at radius 1 is 1.35 bits per heavy atom. The van der Waals surface area contributed by atoms with Gasteiger partial charge in [-0.1, -0.05) is 18.1 Å². The zero-order valence-electron chi connectivity index (χ0n) is 11.6. The summed E-state index contributed by atoms with van der Waals surface area (Å²) in [7, 11) is 0. The topological polar surface area (TPSA) is 92.6 Å². The summed E-state index contributed by atoms with van der Waals surface area (Å²) in [4.78, 5) is 6.62. The Bertz CT molecular complexity index is 479. The van der Waals surface area contributed by atoms with Gasteiger partial charge in [0.15, 0.2) is 5.96 Å². The highest BCUT2D eigenvalue weighted by Crippen LogP contribution is 2.33. The molecule has 7 heteroatoms. The highest BCUT2D eigenvalue weighted by atomic mass is 16.3. The van der Waals surface area contributed by atoms with E-state index in [0.29, 0.717) is 31.5 Å². The van der Waals surface area contributed by atoms with Crippen molar-refractivity contribution in [1.29, 1.82) is 0 Å². The van der Waals surface area contributed by atoms with Crippen LogP contribution in [-0.2, 0) is 6.54 Å². The number of aliphatic imine (C=N–C) groups is 1. The molecule has 1 fully saturated rings. The molecule has 1 aliphatic heterocycles. The monoisotopic (exact) mass is 278 g/mol. The van der Waals surface area contributed by atoms with Gasteiger partial charge in [-0.25, -0.2) is 0 Å². The maximum absolute atomic E-state index is 8.86. The molecular weight excluding hydrogens is 256 g/mol. The Kier molecular flexibility index (Phi) is 3.86. The van der Waals surface area contributed by atoms with E-state index in [9.17, 15) is 0 Å². The van der Waals surface area contributed by atoms with Crippen LogP contribution >= 0.6 is 0 Å². The molecular formula is C13H22N6O. The van der Waals surface area contributed by atoms with Crippen molar-refractivity contribution in [3.8, 4) is 0 Å². The number of aliphatic hydroxyl groups is 1. The molecule has 3 N–H and O–H groups in total. The number of hydrogen-bond acceptors (Lipinski definition) is 6. The van der Waals surface area contributed by atoms with Crippen molar-refractivity contribution in [2.24, 2.45) is 10.7 Å². The molecule has 1 saturated carbocycles. The normalized spacial score (nSPS) is 23.6. The van der Waals surface area contributed by atoms with E-state index in [2.05, 4.69) is 20.2 Å². The minimum Gasteiger partial charge on any atom is -0.396 e. The quantitative estimate of drug-likeness (QED) is 0.806. The second-order valence-corrected chi connectivity index (χ2v) is 5.54. The Balaban J connectivity index is 1.73. The molecule has 1 aromatic rings. The second kappa shape index (κ2) is 5.78. The van der Waals surface area contributed by atoms with E-state index in [1.165, 1.54) is 25.7 Å². The molecule has 0 bridgehead atoms. The largest absolute Gasteiger partial charge is 0.396 e. The fourth-order valence-electron chi connectivity index (χ4n) is 3.18. The molecule has 20 heavy (non-hydrogen) atoms. The number of aliphatic hydroxyl groups excluding tert-OH is 1. The molecule has 0 amide bonds. The van der Waals surface area contributed by atoms with Gasteiger partial charge in [0.05, 0.1) is 18.8 Å². The lowest BCUT2D eigenvalue weighted by atomic mass is 10.1. The summed E-state index contributed by atoms with van der Waals surface area (Å²) in [5.41, 5.74) is 6.99. The number of aryl methyl sites for hydroxylation is 1. The van der Waals surface area contributed by atoms with Gasteiger partial charge in [0.2, 0.25) is 0 Å². The van der Waals surface area contributed by atoms with Gasteiger partial charge in [0.25, 0.3) is 0 Å². The Labute approximate surface area is 118 Å². The van der Waals surface area contributed by atoms with Gasteiger partial charge < -0.3 is 15.7 Å². The van der Waals surface area contributed by atoms with Crippen LogP contribution in [0.5, 0.6) is 0 Å². The summed E-state index contributed by atoms with van der Waals surface area (Å²) < 4.78 is 1.78. The minimum absolute atomic E-state index is 0.126. The average Bonchev–Trinajstić information content (AvgIpc) is 3.15. The van der Waals surface area contributed by atoms with Gasteiger partial charge in [0.1, 0.15) is 5.69 Å². The van der Waals surface area contributed by atoms with Crippen LogP contribution in [0.3, 0.4) is 0 Å². The third kappa shape index (κ3) is 2.49. The SMILES string of the molecule is NC1=NCC(c2cn(CCCO)nn2)N1C1CCCC1. The summed E-state index contributed by atoms with van der Waals surface area (Å²) in [5, 5.41) is 17.3. The zero-order chi connectivity index (χ0) is 13.9. The number of hydrogen-bond donors (Lipinski definition) is 2. The van der Waals surface area contributed by atoms with Crippen molar-refractivity contribution < 1.29 is 5.11 Å². The van der Waals surface area contributed by atoms with Crippen LogP contribution in [0.15, 0.2) is 11.2 Å². The maximum Gasteiger partial charge on any atom is 0.192 e. The number of guanidine groups is 1. The van der Waals surface area contributed by atoms with Crippen molar-refractivity contribution in [3.05, 3.63) is 11.9 Å². The van der Waals surface area contributed by atoms with Gasteiger partial charge in [0, 0.05) is 19.2 Å². The van der Waals surface area contributed by atoms with Gasteiger partial charge in [-0.3, -0.25) is 9.67 Å². The fourth-order valence-corrected chi connectivity index (χ4v) is 3.18. The summed E-state index contributed by atoms with van der Waals surface area (Å²) in [6.07, 6.45) is 7.56. The number of rotatable bonds is 5. The summed E-state index contributed by atoms with van der Waals surface area (Å²) >= 11 is 0. The molecule has 1 unspecified atom stereocenters. The van der Waals surface area contributed by atoms with Crippen molar-refractivity contribution in [2.75, 3.05) is 13.2 Å². The molecule has 1 atom stereocenters. The van der Waals surface area contributed by atoms with Crippen molar-refractivity contribution in [1.82, 2.24) is 19.9 Å². The number of aromatic nitrogens is 3. The van der Waals surface area contributed by atoms with E-state index in [-0.39, 0.29) is 12.6 Å². The highest BCUT2D eigenvalue weighted by molar-refractivity contribution is 5.80. The van der Waals surface area contributed by atoms with Crippen LogP contribution < -0.4 is 5.73 Å². The smallest absolute Gasteiger partial charge is 0.192 e. The van der Waals surface area contributed by atoms with Crippen molar-refractivity contribution in [3.63, 3.8) is 0 Å². The molecule has 1 aliphatic carbocycles. The van der Waals surface area contributed by atoms with Crippen molar-refractivity contribution >= 4 is 5.96 Å². The minimum atomic E-state index is 0.126. The molecule has 0 radical (unpaired) electrons. The standard InChI is InChI=1S/C13H22N6O/c14-13-15-8-12(19(13)10-4-1-2-5-10)11-9-18(17-16-11)6-3-7-20/h9-10,12,20H,1-8H2,(H2,14,15). The van der Waals surface area contributed by atoms with Gasteiger partial charge in [-0.05, 0) is 19.3 Å². The van der Waals surface area contributed by atoms with E-state index in [1.54, 1.807) is 4.68 Å². The van der Waals surface area contributed by atoms with Gasteiger partial charge in [-0.2, -0.15) is 0 Å². The van der Waals surface area contributed by atoms with E-state index < -0.39 is 0 Å². The average molecular weight is 278 g/mol. The molecule has 0 saturated heterocycles. The van der Waals surface area contributed by atoms with Crippen LogP contribution in [0.2, 0.25) is 0 Å². The zero-order valence-corrected chi connectivity index (χ0v) is 11.6. The first-order valence-corrected chi connectivity index (χ1v) is 7.38. The fraction of sp³-hybridized carbons (Fsp3) is 0.769. The second-order valence-electron chi connectivity index (χ2n) is 5.54. The van der Waals surface area contributed by atoms with E-state index >= 15 is 0 Å². The lowest BCUT2D eigenvalue weighted by Crippen LogP contribution is -2.42. The molecule has 3 rings (SSSR count). The van der Waals surface area contributed by atoms with E-state index in [1.807, 2.05) is 6.20 Å². The predicted octanol–water partition coefficient (Wildman–Crippen LogP) is 0.274. The Hall–Kier alpha value is -1.63. The van der Waals surface area contributed by atoms with Crippen LogP contribution in [0.25, 0.3) is 0 Å². The maximum atomic E-state index is 8.86. The summed E-state index contributed by atoms with van der Waals surface area (Å²) in [6.45, 7) is 1.53. The van der Waals surface area contributed by atoms with Crippen LogP contribution in [0, 0.1) is 0 Å². The molecule has 0 spiro atoms. The van der Waals surface area contributed by atoms with Crippen LogP contribution in [0.1, 0.15) is 43.8 Å². The molecule has 110 valence electrons. The Morgan fingerprint density at radius 3 is 2.90 bits per heavy atom. The van der Waals surface area contributed by atoms with Gasteiger partial charge >= 0.3 is 0 Å². The van der Waals surface area contributed by atoms with E-state index in [0.717, 1.165) is 5.69 Å². The lowest BCUT2D eigenvalue weighted by molar-refractivity contribution is 0.258. The van der Waals surface area contributed by atoms with Crippen molar-refractivity contribution in [2.45, 2.75) is 50.7 Å². The van der Waals surface area contributed by atoms with Crippen LogP contribution in [0.4, 0.5) is 0 Å². The summed E-state index contributed by atoms with van der Waals surface area (Å²) in [6, 6.07) is 0.620. The first-order chi connectivity index (χ1) is 9.79. The predicted molar refractivity (Wildman–Crippen MR) is 75.1 cm³/mol. The van der Waals surface area contributed by atoms with Gasteiger partial charge in [-0.15, -0.1) is 5.10 Å². The first kappa shape index (κ1) is 13.4. The molecule has 2 heterocycles. The number of nitrogens with zero attached hydrogens (tertiary/aromatic N) is 5. The molecule has 2 aliphatic rings. The molecule has 1 aromatic heterocycles. The highest BCUT2D eigenvalue weighted by Gasteiger charge is 2.36. The number of nitrogens with two attached hydrogens (primary N) is 1. The van der Waals surface area contributed by atoms with Crippen LogP contribution in [-0.4, -0.2) is 50.2 Å². The third-order valence-corrected chi connectivity index (χ3v) is 4.19. The summed E-state index contributed by atoms with van der Waals surface area (Å²) in [5.74, 6) is 0.645. The third-order valence-electron chi connectivity index (χ3n) is 4.19. The lowest BCUT2D eigenvalue weighted by Gasteiger charge is -2.30. The first-order valence-electron chi connectivity index (χ1n) is 7.38. The Morgan fingerprint density at radius 2 is 2.15 bits per heavy atom. The molecule has 0 aromatic carbocycles. The van der Waals surface area contributed by atoms with E-state index in [4.69, 9.17) is 10.8 Å². The molecule has 7 nitrogen and oxygen atoms in total.